The van der Waals surface area contributed by atoms with Crippen LogP contribution < -0.4 is 10.6 Å². The van der Waals surface area contributed by atoms with Crippen LogP contribution in [0.3, 0.4) is 0 Å². The first kappa shape index (κ1) is 14.5. The molecule has 1 fully saturated rings. The lowest BCUT2D eigenvalue weighted by atomic mass is 9.99. The van der Waals surface area contributed by atoms with Crippen molar-refractivity contribution in [3.05, 3.63) is 16.3 Å². The number of nitrogens with zero attached hydrogens (tertiary/aromatic N) is 1. The molecule has 1 saturated heterocycles. The molecule has 106 valence electrons. The molecule has 0 radical (unpaired) electrons. The van der Waals surface area contributed by atoms with Crippen LogP contribution in [0.5, 0.6) is 0 Å². The molecule has 1 aliphatic rings. The van der Waals surface area contributed by atoms with E-state index >= 15 is 0 Å². The van der Waals surface area contributed by atoms with Crippen LogP contribution in [0.2, 0.25) is 0 Å². The van der Waals surface area contributed by atoms with Crippen molar-refractivity contribution in [1.29, 1.82) is 0 Å². The summed E-state index contributed by atoms with van der Waals surface area (Å²) in [5.41, 5.74) is 0.950. The van der Waals surface area contributed by atoms with Crippen molar-refractivity contribution in [2.75, 3.05) is 18.9 Å². The van der Waals surface area contributed by atoms with Gasteiger partial charge in [0.25, 0.3) is 0 Å². The van der Waals surface area contributed by atoms with Crippen LogP contribution in [0, 0.1) is 0 Å². The van der Waals surface area contributed by atoms with Gasteiger partial charge in [-0.2, -0.15) is 0 Å². The second kappa shape index (κ2) is 6.50. The fourth-order valence-electron chi connectivity index (χ4n) is 2.49. The monoisotopic (exact) mass is 281 g/mol. The topological polar surface area (TPSA) is 44.4 Å². The predicted molar refractivity (Wildman–Crippen MR) is 80.6 cm³/mol. The summed E-state index contributed by atoms with van der Waals surface area (Å²) in [5, 5.41) is 8.53. The van der Waals surface area contributed by atoms with Crippen LogP contribution in [0.1, 0.15) is 31.6 Å². The average Bonchev–Trinajstić information content (AvgIpc) is 2.77. The molecular formula is C14H23N3OS. The lowest BCUT2D eigenvalue weighted by Crippen LogP contribution is -2.45. The molecule has 1 aromatic heterocycles. The molecule has 1 aliphatic heterocycles. The van der Waals surface area contributed by atoms with E-state index in [0.717, 1.165) is 18.8 Å². The van der Waals surface area contributed by atoms with Gasteiger partial charge < -0.3 is 15.5 Å². The van der Waals surface area contributed by atoms with E-state index in [1.54, 1.807) is 18.3 Å². The molecule has 19 heavy (non-hydrogen) atoms. The highest BCUT2D eigenvalue weighted by atomic mass is 32.1. The van der Waals surface area contributed by atoms with Gasteiger partial charge in [0.1, 0.15) is 0 Å². The van der Waals surface area contributed by atoms with E-state index in [-0.39, 0.29) is 5.91 Å². The number of likely N-dealkylation sites (tertiary alicyclic amines) is 1. The molecule has 2 atom stereocenters. The minimum absolute atomic E-state index is 0.00689. The van der Waals surface area contributed by atoms with Gasteiger partial charge in [0.15, 0.2) is 0 Å². The Bertz CT molecular complexity index is 432. The number of thiophene rings is 1. The number of rotatable bonds is 4. The van der Waals surface area contributed by atoms with Crippen molar-refractivity contribution in [3.63, 3.8) is 0 Å². The first-order valence-electron chi connectivity index (χ1n) is 6.84. The third kappa shape index (κ3) is 4.03. The van der Waals surface area contributed by atoms with Crippen molar-refractivity contribution in [2.24, 2.45) is 0 Å². The van der Waals surface area contributed by atoms with Gasteiger partial charge in [0.2, 0.25) is 5.91 Å². The third-order valence-corrected chi connectivity index (χ3v) is 4.74. The highest BCUT2D eigenvalue weighted by Crippen LogP contribution is 2.23. The summed E-state index contributed by atoms with van der Waals surface area (Å²) >= 11 is 1.69. The summed E-state index contributed by atoms with van der Waals surface area (Å²) in [7, 11) is 2.19. The molecule has 1 aromatic rings. The molecule has 0 aliphatic carbocycles. The van der Waals surface area contributed by atoms with Crippen molar-refractivity contribution >= 4 is 22.9 Å². The lowest BCUT2D eigenvalue weighted by molar-refractivity contribution is -0.114. The van der Waals surface area contributed by atoms with Gasteiger partial charge in [0, 0.05) is 30.4 Å². The van der Waals surface area contributed by atoms with Gasteiger partial charge >= 0.3 is 0 Å². The lowest BCUT2D eigenvalue weighted by Gasteiger charge is -2.35. The van der Waals surface area contributed by atoms with E-state index < -0.39 is 0 Å². The largest absolute Gasteiger partial charge is 0.325 e. The van der Waals surface area contributed by atoms with E-state index in [0.29, 0.717) is 12.1 Å². The normalized spacial score (nSPS) is 24.4. The SMILES string of the molecule is CC(=O)Nc1ccsc1CNC1CCN(C)C(C)C1. The Morgan fingerprint density at radius 2 is 2.37 bits per heavy atom. The highest BCUT2D eigenvalue weighted by molar-refractivity contribution is 7.10. The van der Waals surface area contributed by atoms with Crippen LogP contribution >= 0.6 is 11.3 Å². The average molecular weight is 281 g/mol. The summed E-state index contributed by atoms with van der Waals surface area (Å²) in [6.07, 6.45) is 2.39. The minimum Gasteiger partial charge on any atom is -0.325 e. The molecule has 2 unspecified atom stereocenters. The van der Waals surface area contributed by atoms with Gasteiger partial charge in [-0.15, -0.1) is 11.3 Å². The van der Waals surface area contributed by atoms with Crippen LogP contribution in [-0.4, -0.2) is 36.5 Å². The van der Waals surface area contributed by atoms with Gasteiger partial charge in [-0.25, -0.2) is 0 Å². The quantitative estimate of drug-likeness (QED) is 0.890. The fraction of sp³-hybridized carbons (Fsp3) is 0.643. The van der Waals surface area contributed by atoms with Crippen LogP contribution in [0.25, 0.3) is 0 Å². The smallest absolute Gasteiger partial charge is 0.221 e. The molecule has 5 heteroatoms. The number of nitrogens with one attached hydrogen (secondary N) is 2. The number of amides is 1. The maximum absolute atomic E-state index is 11.1. The molecule has 0 spiro atoms. The fourth-order valence-corrected chi connectivity index (χ4v) is 3.27. The number of hydrogen-bond acceptors (Lipinski definition) is 4. The van der Waals surface area contributed by atoms with Gasteiger partial charge in [-0.1, -0.05) is 0 Å². The van der Waals surface area contributed by atoms with Gasteiger partial charge in [-0.3, -0.25) is 4.79 Å². The second-order valence-electron chi connectivity index (χ2n) is 5.37. The van der Waals surface area contributed by atoms with Crippen LogP contribution in [-0.2, 0) is 11.3 Å². The van der Waals surface area contributed by atoms with Gasteiger partial charge in [0.05, 0.1) is 5.69 Å². The van der Waals surface area contributed by atoms with Crippen molar-refractivity contribution in [3.8, 4) is 0 Å². The molecule has 0 saturated carbocycles. The molecule has 2 N–H and O–H groups in total. The molecule has 4 nitrogen and oxygen atoms in total. The first-order valence-corrected chi connectivity index (χ1v) is 7.72. The van der Waals surface area contributed by atoms with E-state index in [2.05, 4.69) is 29.5 Å². The summed E-state index contributed by atoms with van der Waals surface area (Å²) in [4.78, 5) is 14.7. The zero-order valence-electron chi connectivity index (χ0n) is 11.9. The van der Waals surface area contributed by atoms with E-state index in [9.17, 15) is 4.79 Å². The summed E-state index contributed by atoms with van der Waals surface area (Å²) in [6, 6.07) is 3.20. The van der Waals surface area contributed by atoms with Gasteiger partial charge in [-0.05, 0) is 44.8 Å². The van der Waals surface area contributed by atoms with Crippen molar-refractivity contribution in [2.45, 2.75) is 45.3 Å². The Kier molecular flexibility index (Phi) is 4.96. The Morgan fingerprint density at radius 3 is 3.05 bits per heavy atom. The first-order chi connectivity index (χ1) is 9.06. The molecule has 0 aromatic carbocycles. The maximum Gasteiger partial charge on any atom is 0.221 e. The Labute approximate surface area is 119 Å². The zero-order chi connectivity index (χ0) is 13.8. The van der Waals surface area contributed by atoms with Crippen molar-refractivity contribution < 1.29 is 4.79 Å². The Balaban J connectivity index is 1.85. The number of hydrogen-bond donors (Lipinski definition) is 2. The molecule has 2 rings (SSSR count). The highest BCUT2D eigenvalue weighted by Gasteiger charge is 2.22. The third-order valence-electron chi connectivity index (χ3n) is 3.82. The standard InChI is InChI=1S/C14H23N3OS/c1-10-8-12(4-6-17(10)3)15-9-14-13(5-7-19-14)16-11(2)18/h5,7,10,12,15H,4,6,8-9H2,1-3H3,(H,16,18). The van der Waals surface area contributed by atoms with Crippen molar-refractivity contribution in [1.82, 2.24) is 10.2 Å². The Morgan fingerprint density at radius 1 is 1.58 bits per heavy atom. The molecule has 0 bridgehead atoms. The van der Waals surface area contributed by atoms with Crippen LogP contribution in [0.4, 0.5) is 5.69 Å². The minimum atomic E-state index is -0.00689. The summed E-state index contributed by atoms with van der Waals surface area (Å²) in [5.74, 6) is -0.00689. The number of piperidine rings is 1. The van der Waals surface area contributed by atoms with E-state index in [1.165, 1.54) is 17.7 Å². The number of carbonyl (C=O) groups excluding carboxylic acids is 1. The molecular weight excluding hydrogens is 258 g/mol. The summed E-state index contributed by atoms with van der Waals surface area (Å²) < 4.78 is 0. The number of anilines is 1. The number of carbonyl (C=O) groups is 1. The van der Waals surface area contributed by atoms with E-state index in [1.807, 2.05) is 11.4 Å². The van der Waals surface area contributed by atoms with Crippen LogP contribution in [0.15, 0.2) is 11.4 Å². The second-order valence-corrected chi connectivity index (χ2v) is 6.37. The maximum atomic E-state index is 11.1. The molecule has 2 heterocycles. The van der Waals surface area contributed by atoms with E-state index in [4.69, 9.17) is 0 Å². The Hall–Kier alpha value is -0.910. The zero-order valence-corrected chi connectivity index (χ0v) is 12.7. The summed E-state index contributed by atoms with van der Waals surface area (Å²) in [6.45, 7) is 5.82. The predicted octanol–water partition coefficient (Wildman–Crippen LogP) is 2.28. The molecule has 1 amide bonds.